The number of carbonyl (C=O) groups excluding carboxylic acids is 2. The van der Waals surface area contributed by atoms with E-state index in [0.717, 1.165) is 5.56 Å². The number of ether oxygens (including phenoxy) is 2. The monoisotopic (exact) mass is 449 g/mol. The third-order valence-corrected chi connectivity index (χ3v) is 5.02. The summed E-state index contributed by atoms with van der Waals surface area (Å²) in [4.78, 5) is 29.6. The van der Waals surface area contributed by atoms with Crippen LogP contribution in [0.25, 0.3) is 0 Å². The van der Waals surface area contributed by atoms with E-state index in [2.05, 4.69) is 15.6 Å². The van der Waals surface area contributed by atoms with Crippen molar-refractivity contribution in [2.75, 3.05) is 6.61 Å². The molecule has 0 aliphatic carbocycles. The van der Waals surface area contributed by atoms with Gasteiger partial charge in [-0.25, -0.2) is 9.59 Å². The molecule has 0 bridgehead atoms. The largest absolute Gasteiger partial charge is 0.487 e. The van der Waals surface area contributed by atoms with Crippen LogP contribution in [0, 0.1) is 0 Å². The Morgan fingerprint density at radius 3 is 2.62 bits per heavy atom. The fourth-order valence-corrected chi connectivity index (χ4v) is 3.46. The van der Waals surface area contributed by atoms with E-state index in [4.69, 9.17) is 21.1 Å². The maximum atomic E-state index is 13.2. The van der Waals surface area contributed by atoms with Crippen molar-refractivity contribution in [2.24, 2.45) is 0 Å². The van der Waals surface area contributed by atoms with Crippen molar-refractivity contribution in [3.63, 3.8) is 0 Å². The molecule has 162 valence electrons. The highest BCUT2D eigenvalue weighted by Crippen LogP contribution is 2.28. The fourth-order valence-electron chi connectivity index (χ4n) is 3.28. The Bertz CT molecular complexity index is 1140. The molecule has 32 heavy (non-hydrogen) atoms. The second kappa shape index (κ2) is 9.98. The number of halogens is 1. The van der Waals surface area contributed by atoms with Gasteiger partial charge in [-0.1, -0.05) is 54.1 Å². The molecular weight excluding hydrogens is 430 g/mol. The summed E-state index contributed by atoms with van der Waals surface area (Å²) in [6, 6.07) is 18.5. The van der Waals surface area contributed by atoms with Crippen LogP contribution in [0.4, 0.5) is 4.79 Å². The Morgan fingerprint density at radius 2 is 1.88 bits per heavy atom. The van der Waals surface area contributed by atoms with Gasteiger partial charge >= 0.3 is 12.0 Å². The molecule has 1 aliphatic rings. The van der Waals surface area contributed by atoms with Crippen molar-refractivity contribution in [2.45, 2.75) is 12.6 Å². The van der Waals surface area contributed by atoms with Crippen molar-refractivity contribution in [1.29, 1.82) is 0 Å². The van der Waals surface area contributed by atoms with Crippen LogP contribution in [0.15, 0.2) is 90.4 Å². The molecule has 0 radical (unpaired) electrons. The van der Waals surface area contributed by atoms with Gasteiger partial charge in [0.15, 0.2) is 0 Å². The van der Waals surface area contributed by atoms with Gasteiger partial charge in [0.2, 0.25) is 0 Å². The summed E-state index contributed by atoms with van der Waals surface area (Å²) in [5, 5.41) is 5.97. The van der Waals surface area contributed by atoms with Crippen LogP contribution in [-0.2, 0) is 16.1 Å². The van der Waals surface area contributed by atoms with Gasteiger partial charge in [-0.15, -0.1) is 0 Å². The van der Waals surface area contributed by atoms with Crippen LogP contribution in [0.1, 0.15) is 17.2 Å². The zero-order valence-electron chi connectivity index (χ0n) is 17.0. The number of carbonyl (C=O) groups is 2. The Morgan fingerprint density at radius 1 is 1.03 bits per heavy atom. The summed E-state index contributed by atoms with van der Waals surface area (Å²) in [6.45, 7) is 0.0413. The van der Waals surface area contributed by atoms with E-state index in [1.54, 1.807) is 48.8 Å². The summed E-state index contributed by atoms with van der Waals surface area (Å²) in [5.41, 5.74) is 2.05. The molecule has 2 N–H and O–H groups in total. The zero-order chi connectivity index (χ0) is 22.3. The molecular formula is C24H20ClN3O4. The predicted octanol–water partition coefficient (Wildman–Crippen LogP) is 4.17. The van der Waals surface area contributed by atoms with Gasteiger partial charge in [-0.3, -0.25) is 4.98 Å². The molecule has 0 saturated heterocycles. The van der Waals surface area contributed by atoms with Gasteiger partial charge < -0.3 is 20.1 Å². The first-order valence-corrected chi connectivity index (χ1v) is 10.3. The molecule has 1 aliphatic heterocycles. The summed E-state index contributed by atoms with van der Waals surface area (Å²) in [7, 11) is 0. The van der Waals surface area contributed by atoms with Gasteiger partial charge in [0.25, 0.3) is 0 Å². The minimum absolute atomic E-state index is 0.0553. The van der Waals surface area contributed by atoms with Crippen molar-refractivity contribution in [3.8, 4) is 5.75 Å². The molecule has 4 rings (SSSR count). The lowest BCUT2D eigenvalue weighted by Crippen LogP contribution is -2.47. The lowest BCUT2D eigenvalue weighted by molar-refractivity contribution is -0.140. The second-order valence-corrected chi connectivity index (χ2v) is 7.45. The number of hydrogen-bond acceptors (Lipinski definition) is 5. The Hall–Kier alpha value is -3.84. The number of pyridine rings is 1. The molecule has 1 aromatic heterocycles. The molecule has 0 fully saturated rings. The predicted molar refractivity (Wildman–Crippen MR) is 119 cm³/mol. The maximum absolute atomic E-state index is 13.2. The number of aromatic nitrogens is 1. The van der Waals surface area contributed by atoms with Gasteiger partial charge in [0.1, 0.15) is 19.0 Å². The topological polar surface area (TPSA) is 89.5 Å². The third-order valence-electron chi connectivity index (χ3n) is 4.78. The molecule has 2 aromatic carbocycles. The van der Waals surface area contributed by atoms with E-state index in [1.807, 2.05) is 30.3 Å². The minimum atomic E-state index is -0.737. The highest BCUT2D eigenvalue weighted by molar-refractivity contribution is 6.30. The van der Waals surface area contributed by atoms with E-state index in [1.165, 1.54) is 0 Å². The number of rotatable bonds is 7. The highest BCUT2D eigenvalue weighted by atomic mass is 35.5. The van der Waals surface area contributed by atoms with Crippen molar-refractivity contribution < 1.29 is 19.1 Å². The number of esters is 1. The smallest absolute Gasteiger partial charge is 0.338 e. The van der Waals surface area contributed by atoms with Gasteiger partial charge in [-0.2, -0.15) is 0 Å². The van der Waals surface area contributed by atoms with E-state index >= 15 is 0 Å². The normalized spacial score (nSPS) is 15.5. The van der Waals surface area contributed by atoms with Crippen LogP contribution in [0.3, 0.4) is 0 Å². The summed E-state index contributed by atoms with van der Waals surface area (Å²) >= 11 is 6.02. The molecule has 2 heterocycles. The summed E-state index contributed by atoms with van der Waals surface area (Å²) in [5.74, 6) is -0.0624. The third kappa shape index (κ3) is 5.25. The summed E-state index contributed by atoms with van der Waals surface area (Å²) < 4.78 is 11.4. The molecule has 2 amide bonds. The average molecular weight is 450 g/mol. The van der Waals surface area contributed by atoms with Gasteiger partial charge in [0, 0.05) is 17.4 Å². The fraction of sp³-hybridized carbons (Fsp3) is 0.125. The van der Waals surface area contributed by atoms with E-state index in [-0.39, 0.29) is 18.8 Å². The first-order valence-electron chi connectivity index (χ1n) is 9.90. The number of hydrogen-bond donors (Lipinski definition) is 2. The number of nitrogens with one attached hydrogen (secondary N) is 2. The van der Waals surface area contributed by atoms with Crippen molar-refractivity contribution >= 4 is 23.6 Å². The molecule has 1 unspecified atom stereocenters. The van der Waals surface area contributed by atoms with E-state index < -0.39 is 18.0 Å². The van der Waals surface area contributed by atoms with Crippen molar-refractivity contribution in [1.82, 2.24) is 15.6 Å². The van der Waals surface area contributed by atoms with Crippen LogP contribution in [0.5, 0.6) is 5.75 Å². The quantitative estimate of drug-likeness (QED) is 0.528. The first kappa shape index (κ1) is 21.4. The number of benzene rings is 2. The lowest BCUT2D eigenvalue weighted by Gasteiger charge is -2.29. The van der Waals surface area contributed by atoms with Crippen LogP contribution in [-0.4, -0.2) is 23.6 Å². The minimum Gasteiger partial charge on any atom is -0.487 e. The van der Waals surface area contributed by atoms with E-state index in [9.17, 15) is 9.59 Å². The maximum Gasteiger partial charge on any atom is 0.338 e. The van der Waals surface area contributed by atoms with E-state index in [0.29, 0.717) is 22.0 Å². The SMILES string of the molecule is O=C1NC(COc2cccc(Cl)c2)=C(C(=O)OCc2ccccc2)C(c2cccnc2)N1. The first-order chi connectivity index (χ1) is 15.6. The summed E-state index contributed by atoms with van der Waals surface area (Å²) in [6.07, 6.45) is 3.21. The standard InChI is InChI=1S/C24H20ClN3O4/c25-18-9-4-10-19(12-18)31-15-20-21(23(29)32-14-16-6-2-1-3-7-16)22(28-24(30)27-20)17-8-5-11-26-13-17/h1-13,22H,14-15H2,(H2,27,28,30). The molecule has 3 aromatic rings. The molecule has 1 atom stereocenters. The molecule has 7 nitrogen and oxygen atoms in total. The molecule has 0 spiro atoms. The number of urea groups is 1. The highest BCUT2D eigenvalue weighted by Gasteiger charge is 2.34. The molecule has 0 saturated carbocycles. The van der Waals surface area contributed by atoms with Crippen LogP contribution in [0.2, 0.25) is 5.02 Å². The Labute approximate surface area is 190 Å². The van der Waals surface area contributed by atoms with Crippen molar-refractivity contribution in [3.05, 3.63) is 107 Å². The number of nitrogens with zero attached hydrogens (tertiary/aromatic N) is 1. The second-order valence-electron chi connectivity index (χ2n) is 7.02. The van der Waals surface area contributed by atoms with Gasteiger partial charge in [0.05, 0.1) is 17.3 Å². The zero-order valence-corrected chi connectivity index (χ0v) is 17.7. The number of amides is 2. The average Bonchev–Trinajstić information content (AvgIpc) is 2.82. The molecule has 8 heteroatoms. The Kier molecular flexibility index (Phi) is 6.67. The van der Waals surface area contributed by atoms with Gasteiger partial charge in [-0.05, 0) is 35.4 Å². The Balaban J connectivity index is 1.64. The van der Waals surface area contributed by atoms with Crippen LogP contribution < -0.4 is 15.4 Å². The lowest BCUT2D eigenvalue weighted by atomic mass is 9.96. The van der Waals surface area contributed by atoms with Crippen LogP contribution >= 0.6 is 11.6 Å².